The van der Waals surface area contributed by atoms with Gasteiger partial charge in [-0.05, 0) is 37.1 Å². The van der Waals surface area contributed by atoms with Crippen molar-refractivity contribution >= 4 is 28.2 Å². The Hall–Kier alpha value is -2.34. The summed E-state index contributed by atoms with van der Waals surface area (Å²) in [7, 11) is 0. The van der Waals surface area contributed by atoms with Crippen molar-refractivity contribution in [2.24, 2.45) is 0 Å². The number of nitrogens with one attached hydrogen (secondary N) is 1. The van der Waals surface area contributed by atoms with Crippen molar-refractivity contribution < 1.29 is 19.4 Å². The van der Waals surface area contributed by atoms with Crippen molar-refractivity contribution in [3.8, 4) is 5.75 Å². The summed E-state index contributed by atoms with van der Waals surface area (Å²) >= 11 is 1.01. The summed E-state index contributed by atoms with van der Waals surface area (Å²) in [6.45, 7) is 3.71. The zero-order chi connectivity index (χ0) is 15.4. The zero-order valence-corrected chi connectivity index (χ0v) is 12.5. The predicted molar refractivity (Wildman–Crippen MR) is 81.3 cm³/mol. The van der Waals surface area contributed by atoms with Gasteiger partial charge in [0.2, 0.25) is 0 Å². The molecule has 0 unspecified atom stereocenters. The first-order valence-electron chi connectivity index (χ1n) is 6.29. The van der Waals surface area contributed by atoms with E-state index in [1.807, 2.05) is 32.0 Å². The van der Waals surface area contributed by atoms with Gasteiger partial charge in [0.05, 0.1) is 5.00 Å². The van der Waals surface area contributed by atoms with Gasteiger partial charge in [-0.25, -0.2) is 4.79 Å². The first-order chi connectivity index (χ1) is 9.97. The van der Waals surface area contributed by atoms with Gasteiger partial charge in [-0.2, -0.15) is 0 Å². The molecular weight excluding hydrogens is 290 g/mol. The highest BCUT2D eigenvalue weighted by atomic mass is 32.1. The SMILES string of the molecule is Cc1cccc(C)c1OCC(=O)Nc1ccc(C(=O)O)s1. The molecule has 0 aliphatic heterocycles. The van der Waals surface area contributed by atoms with E-state index >= 15 is 0 Å². The van der Waals surface area contributed by atoms with Crippen LogP contribution in [0.5, 0.6) is 5.75 Å². The van der Waals surface area contributed by atoms with Crippen molar-refractivity contribution in [3.63, 3.8) is 0 Å². The molecule has 1 aromatic carbocycles. The highest BCUT2D eigenvalue weighted by molar-refractivity contribution is 7.18. The Morgan fingerprint density at radius 2 is 1.86 bits per heavy atom. The van der Waals surface area contributed by atoms with Crippen LogP contribution in [0, 0.1) is 13.8 Å². The Morgan fingerprint density at radius 1 is 1.19 bits per heavy atom. The molecule has 0 atom stereocenters. The molecule has 0 spiro atoms. The molecule has 6 heteroatoms. The second kappa shape index (κ2) is 6.41. The lowest BCUT2D eigenvalue weighted by Crippen LogP contribution is -2.20. The number of carbonyl (C=O) groups is 2. The highest BCUT2D eigenvalue weighted by Gasteiger charge is 2.11. The smallest absolute Gasteiger partial charge is 0.345 e. The van der Waals surface area contributed by atoms with Gasteiger partial charge < -0.3 is 15.2 Å². The summed E-state index contributed by atoms with van der Waals surface area (Å²) in [6, 6.07) is 8.77. The van der Waals surface area contributed by atoms with Crippen molar-refractivity contribution in [2.75, 3.05) is 11.9 Å². The quantitative estimate of drug-likeness (QED) is 0.890. The first kappa shape index (κ1) is 15.1. The van der Waals surface area contributed by atoms with Gasteiger partial charge in [-0.15, -0.1) is 11.3 Å². The van der Waals surface area contributed by atoms with Gasteiger partial charge >= 0.3 is 5.97 Å². The van der Waals surface area contributed by atoms with Crippen LogP contribution in [0.15, 0.2) is 30.3 Å². The topological polar surface area (TPSA) is 75.6 Å². The van der Waals surface area contributed by atoms with Crippen LogP contribution >= 0.6 is 11.3 Å². The Kier molecular flexibility index (Phi) is 4.59. The summed E-state index contributed by atoms with van der Waals surface area (Å²) in [5.74, 6) is -0.631. The molecule has 2 aromatic rings. The highest BCUT2D eigenvalue weighted by Crippen LogP contribution is 2.23. The van der Waals surface area contributed by atoms with Gasteiger partial charge in [0, 0.05) is 0 Å². The van der Waals surface area contributed by atoms with E-state index in [9.17, 15) is 9.59 Å². The number of ether oxygens (including phenoxy) is 1. The number of carbonyl (C=O) groups excluding carboxylic acids is 1. The zero-order valence-electron chi connectivity index (χ0n) is 11.7. The third-order valence-electron chi connectivity index (χ3n) is 2.84. The van der Waals surface area contributed by atoms with E-state index in [1.54, 1.807) is 6.07 Å². The number of aromatic carboxylic acids is 1. The minimum absolute atomic E-state index is 0.119. The monoisotopic (exact) mass is 305 g/mol. The minimum atomic E-state index is -1.01. The van der Waals surface area contributed by atoms with E-state index in [0.717, 1.165) is 22.5 Å². The maximum atomic E-state index is 11.8. The molecule has 0 aliphatic rings. The van der Waals surface area contributed by atoms with Crippen LogP contribution in [0.25, 0.3) is 0 Å². The van der Waals surface area contributed by atoms with Gasteiger partial charge in [-0.3, -0.25) is 4.79 Å². The summed E-state index contributed by atoms with van der Waals surface area (Å²) in [5.41, 5.74) is 1.93. The van der Waals surface area contributed by atoms with Crippen LogP contribution in [0.3, 0.4) is 0 Å². The van der Waals surface area contributed by atoms with Crippen LogP contribution < -0.4 is 10.1 Å². The van der Waals surface area contributed by atoms with Crippen LogP contribution in [-0.2, 0) is 4.79 Å². The third-order valence-corrected chi connectivity index (χ3v) is 3.82. The van der Waals surface area contributed by atoms with E-state index in [4.69, 9.17) is 9.84 Å². The molecule has 0 radical (unpaired) electrons. The molecule has 2 N–H and O–H groups in total. The average Bonchev–Trinajstić information content (AvgIpc) is 2.87. The number of aryl methyl sites for hydroxylation is 2. The molecule has 110 valence electrons. The number of carboxylic acids is 1. The number of anilines is 1. The predicted octanol–water partition coefficient (Wildman–Crippen LogP) is 3.08. The third kappa shape index (κ3) is 3.82. The van der Waals surface area contributed by atoms with E-state index < -0.39 is 5.97 Å². The lowest BCUT2D eigenvalue weighted by Gasteiger charge is -2.11. The molecule has 2 rings (SSSR count). The standard InChI is InChI=1S/C15H15NO4S/c1-9-4-3-5-10(2)14(9)20-8-12(17)16-13-7-6-11(21-13)15(18)19/h3-7H,8H2,1-2H3,(H,16,17)(H,18,19). The molecule has 1 amide bonds. The number of carboxylic acid groups (broad SMARTS) is 1. The van der Waals surface area contributed by atoms with Crippen LogP contribution in [0.4, 0.5) is 5.00 Å². The molecule has 0 saturated heterocycles. The van der Waals surface area contributed by atoms with E-state index in [1.165, 1.54) is 6.07 Å². The van der Waals surface area contributed by atoms with E-state index in [-0.39, 0.29) is 17.4 Å². The Balaban J connectivity index is 1.94. The molecule has 1 heterocycles. The largest absolute Gasteiger partial charge is 0.483 e. The Morgan fingerprint density at radius 3 is 2.43 bits per heavy atom. The normalized spacial score (nSPS) is 10.2. The fourth-order valence-corrected chi connectivity index (χ4v) is 2.62. The Bertz CT molecular complexity index is 658. The van der Waals surface area contributed by atoms with Crippen molar-refractivity contribution in [3.05, 3.63) is 46.3 Å². The average molecular weight is 305 g/mol. The fraction of sp³-hybridized carbons (Fsp3) is 0.200. The lowest BCUT2D eigenvalue weighted by atomic mass is 10.1. The van der Waals surface area contributed by atoms with E-state index in [2.05, 4.69) is 5.32 Å². The van der Waals surface area contributed by atoms with Crippen LogP contribution in [-0.4, -0.2) is 23.6 Å². The maximum absolute atomic E-state index is 11.8. The molecule has 0 saturated carbocycles. The molecule has 5 nitrogen and oxygen atoms in total. The summed E-state index contributed by atoms with van der Waals surface area (Å²) < 4.78 is 5.53. The number of rotatable bonds is 5. The number of benzene rings is 1. The molecule has 0 bridgehead atoms. The summed E-state index contributed by atoms with van der Waals surface area (Å²) in [5, 5.41) is 11.9. The molecule has 1 aromatic heterocycles. The minimum Gasteiger partial charge on any atom is -0.483 e. The van der Waals surface area contributed by atoms with Crippen molar-refractivity contribution in [2.45, 2.75) is 13.8 Å². The van der Waals surface area contributed by atoms with Gasteiger partial charge in [-0.1, -0.05) is 18.2 Å². The first-order valence-corrected chi connectivity index (χ1v) is 7.11. The van der Waals surface area contributed by atoms with Gasteiger partial charge in [0.1, 0.15) is 10.6 Å². The van der Waals surface area contributed by atoms with Crippen LogP contribution in [0.2, 0.25) is 0 Å². The number of amides is 1. The Labute approximate surface area is 126 Å². The molecule has 0 aliphatic carbocycles. The fourth-order valence-electron chi connectivity index (χ4n) is 1.86. The number of para-hydroxylation sites is 1. The maximum Gasteiger partial charge on any atom is 0.345 e. The van der Waals surface area contributed by atoms with Crippen LogP contribution in [0.1, 0.15) is 20.8 Å². The van der Waals surface area contributed by atoms with Crippen molar-refractivity contribution in [1.82, 2.24) is 0 Å². The second-order valence-electron chi connectivity index (χ2n) is 4.53. The summed E-state index contributed by atoms with van der Waals surface area (Å²) in [6.07, 6.45) is 0. The summed E-state index contributed by atoms with van der Waals surface area (Å²) in [4.78, 5) is 22.8. The number of hydrogen-bond acceptors (Lipinski definition) is 4. The molecule has 21 heavy (non-hydrogen) atoms. The number of thiophene rings is 1. The van der Waals surface area contributed by atoms with Crippen molar-refractivity contribution in [1.29, 1.82) is 0 Å². The van der Waals surface area contributed by atoms with E-state index in [0.29, 0.717) is 10.8 Å². The molecule has 0 fully saturated rings. The second-order valence-corrected chi connectivity index (χ2v) is 5.61. The lowest BCUT2D eigenvalue weighted by molar-refractivity contribution is -0.118. The van der Waals surface area contributed by atoms with Gasteiger partial charge in [0.15, 0.2) is 6.61 Å². The van der Waals surface area contributed by atoms with Gasteiger partial charge in [0.25, 0.3) is 5.91 Å². The number of hydrogen-bond donors (Lipinski definition) is 2. The molecular formula is C15H15NO4S.